The van der Waals surface area contributed by atoms with Crippen LogP contribution in [0, 0.1) is 6.92 Å². The molecule has 3 heterocycles. The molecule has 4 aromatic rings. The minimum Gasteiger partial charge on any atom is -0.468 e. The van der Waals surface area contributed by atoms with E-state index in [9.17, 15) is 4.79 Å². The quantitative estimate of drug-likeness (QED) is 0.521. The number of hydrogen-bond donors (Lipinski definition) is 1. The number of rotatable bonds is 7. The molecule has 0 atom stereocenters. The molecule has 0 aliphatic rings. The topological polar surface area (TPSA) is 75.0 Å². The first-order chi connectivity index (χ1) is 14.2. The van der Waals surface area contributed by atoms with E-state index in [2.05, 4.69) is 38.1 Å². The maximum absolute atomic E-state index is 11.7. The monoisotopic (exact) mass is 386 g/mol. The van der Waals surface area contributed by atoms with Crippen LogP contribution in [0.15, 0.2) is 82.5 Å². The molecule has 3 aromatic heterocycles. The summed E-state index contributed by atoms with van der Waals surface area (Å²) in [5.41, 5.74) is 3.77. The lowest BCUT2D eigenvalue weighted by molar-refractivity contribution is 0.226. The molecule has 4 rings (SSSR count). The highest BCUT2D eigenvalue weighted by molar-refractivity contribution is 5.55. The Balaban J connectivity index is 1.52. The standard InChI is InChI=1S/C23H22N4O2/c1-17-12-22(28)26-23(25-17)20-8-6-18(7-9-20)14-27(16-21-5-3-11-29-21)15-19-4-2-10-24-13-19/h2-13H,14-16H2,1H3,(H,25,26,28). The molecule has 6 nitrogen and oxygen atoms in total. The Labute approximate surface area is 168 Å². The van der Waals surface area contributed by atoms with Crippen LogP contribution in [0.3, 0.4) is 0 Å². The summed E-state index contributed by atoms with van der Waals surface area (Å²) in [6.07, 6.45) is 5.36. The van der Waals surface area contributed by atoms with E-state index in [1.54, 1.807) is 12.5 Å². The zero-order chi connectivity index (χ0) is 20.1. The third-order valence-corrected chi connectivity index (χ3v) is 4.59. The first-order valence-electron chi connectivity index (χ1n) is 9.46. The molecule has 0 aliphatic carbocycles. The van der Waals surface area contributed by atoms with Crippen molar-refractivity contribution in [1.29, 1.82) is 0 Å². The Morgan fingerprint density at radius 3 is 2.52 bits per heavy atom. The Bertz CT molecular complexity index is 1100. The number of nitrogens with zero attached hydrogens (tertiary/aromatic N) is 3. The van der Waals surface area contributed by atoms with Gasteiger partial charge in [0.05, 0.1) is 12.8 Å². The van der Waals surface area contributed by atoms with E-state index in [1.165, 1.54) is 11.6 Å². The number of benzene rings is 1. The van der Waals surface area contributed by atoms with E-state index in [0.29, 0.717) is 18.1 Å². The van der Waals surface area contributed by atoms with Crippen LogP contribution in [0.2, 0.25) is 0 Å². The first kappa shape index (κ1) is 18.8. The molecular formula is C23H22N4O2. The van der Waals surface area contributed by atoms with Gasteiger partial charge < -0.3 is 9.40 Å². The Kier molecular flexibility index (Phi) is 5.63. The van der Waals surface area contributed by atoms with E-state index in [4.69, 9.17) is 4.42 Å². The van der Waals surface area contributed by atoms with Crippen molar-refractivity contribution in [3.8, 4) is 11.4 Å². The molecule has 0 bridgehead atoms. The molecule has 1 aromatic carbocycles. The van der Waals surface area contributed by atoms with Crippen LogP contribution in [0.25, 0.3) is 11.4 Å². The fourth-order valence-electron chi connectivity index (χ4n) is 3.28. The summed E-state index contributed by atoms with van der Waals surface area (Å²) < 4.78 is 5.54. The van der Waals surface area contributed by atoms with Crippen LogP contribution < -0.4 is 5.56 Å². The third-order valence-electron chi connectivity index (χ3n) is 4.59. The predicted octanol–water partition coefficient (Wildman–Crippen LogP) is 3.94. The average molecular weight is 386 g/mol. The van der Waals surface area contributed by atoms with Gasteiger partial charge in [-0.15, -0.1) is 0 Å². The number of H-pyrrole nitrogens is 1. The van der Waals surface area contributed by atoms with Gasteiger partial charge in [0.2, 0.25) is 0 Å². The van der Waals surface area contributed by atoms with Gasteiger partial charge in [-0.05, 0) is 36.2 Å². The molecule has 1 N–H and O–H groups in total. The number of nitrogens with one attached hydrogen (secondary N) is 1. The van der Waals surface area contributed by atoms with E-state index in [-0.39, 0.29) is 5.56 Å². The molecule has 146 valence electrons. The fraction of sp³-hybridized carbons (Fsp3) is 0.174. The van der Waals surface area contributed by atoms with Crippen LogP contribution >= 0.6 is 0 Å². The summed E-state index contributed by atoms with van der Waals surface area (Å²) in [7, 11) is 0. The van der Waals surface area contributed by atoms with Gasteiger partial charge in [-0.25, -0.2) is 4.98 Å². The van der Waals surface area contributed by atoms with Gasteiger partial charge in [-0.2, -0.15) is 0 Å². The van der Waals surface area contributed by atoms with Crippen LogP contribution in [-0.4, -0.2) is 19.9 Å². The van der Waals surface area contributed by atoms with Crippen molar-refractivity contribution in [2.24, 2.45) is 0 Å². The van der Waals surface area contributed by atoms with Crippen molar-refractivity contribution in [1.82, 2.24) is 19.9 Å². The smallest absolute Gasteiger partial charge is 0.251 e. The summed E-state index contributed by atoms with van der Waals surface area (Å²) in [5.74, 6) is 1.51. The van der Waals surface area contributed by atoms with Crippen LogP contribution in [0.4, 0.5) is 0 Å². The fourth-order valence-corrected chi connectivity index (χ4v) is 3.28. The molecule has 29 heavy (non-hydrogen) atoms. The highest BCUT2D eigenvalue weighted by Crippen LogP contribution is 2.18. The summed E-state index contributed by atoms with van der Waals surface area (Å²) in [4.78, 5) is 25.4. The molecule has 0 aliphatic heterocycles. The van der Waals surface area contributed by atoms with Crippen LogP contribution in [-0.2, 0) is 19.6 Å². The predicted molar refractivity (Wildman–Crippen MR) is 111 cm³/mol. The van der Waals surface area contributed by atoms with Gasteiger partial charge in [0.25, 0.3) is 5.56 Å². The van der Waals surface area contributed by atoms with Crippen LogP contribution in [0.5, 0.6) is 0 Å². The summed E-state index contributed by atoms with van der Waals surface area (Å²) in [5, 5.41) is 0. The molecule has 6 heteroatoms. The summed E-state index contributed by atoms with van der Waals surface area (Å²) in [6.45, 7) is 4.05. The highest BCUT2D eigenvalue weighted by atomic mass is 16.3. The summed E-state index contributed by atoms with van der Waals surface area (Å²) >= 11 is 0. The van der Waals surface area contributed by atoms with E-state index < -0.39 is 0 Å². The van der Waals surface area contributed by atoms with Gasteiger partial charge in [0.15, 0.2) is 0 Å². The molecule has 0 amide bonds. The number of aryl methyl sites for hydroxylation is 1. The van der Waals surface area contributed by atoms with Gasteiger partial charge >= 0.3 is 0 Å². The Morgan fingerprint density at radius 1 is 1.00 bits per heavy atom. The third kappa shape index (κ3) is 5.06. The van der Waals surface area contributed by atoms with Crippen molar-refractivity contribution >= 4 is 0 Å². The molecule has 0 saturated carbocycles. The summed E-state index contributed by atoms with van der Waals surface area (Å²) in [6, 6.07) is 17.5. The number of aromatic nitrogens is 3. The minimum absolute atomic E-state index is 0.141. The number of furan rings is 1. The SMILES string of the molecule is Cc1cc(=O)[nH]c(-c2ccc(CN(Cc3cccnc3)Cc3ccco3)cc2)n1. The molecule has 0 spiro atoms. The lowest BCUT2D eigenvalue weighted by Crippen LogP contribution is -2.22. The molecule has 0 saturated heterocycles. The van der Waals surface area contributed by atoms with E-state index in [0.717, 1.165) is 30.0 Å². The highest BCUT2D eigenvalue weighted by Gasteiger charge is 2.11. The van der Waals surface area contributed by atoms with Crippen molar-refractivity contribution in [2.45, 2.75) is 26.6 Å². The molecule has 0 radical (unpaired) electrons. The number of pyridine rings is 1. The average Bonchev–Trinajstić information content (AvgIpc) is 3.21. The van der Waals surface area contributed by atoms with E-state index in [1.807, 2.05) is 43.5 Å². The largest absolute Gasteiger partial charge is 0.468 e. The number of aromatic amines is 1. The van der Waals surface area contributed by atoms with Gasteiger partial charge in [-0.3, -0.25) is 14.7 Å². The van der Waals surface area contributed by atoms with Gasteiger partial charge in [-0.1, -0.05) is 30.3 Å². The van der Waals surface area contributed by atoms with Crippen LogP contribution in [0.1, 0.15) is 22.6 Å². The lowest BCUT2D eigenvalue weighted by Gasteiger charge is -2.21. The second-order valence-corrected chi connectivity index (χ2v) is 7.02. The van der Waals surface area contributed by atoms with Crippen molar-refractivity contribution in [3.05, 3.63) is 106 Å². The van der Waals surface area contributed by atoms with Gasteiger partial charge in [0.1, 0.15) is 11.6 Å². The lowest BCUT2D eigenvalue weighted by atomic mass is 10.1. The van der Waals surface area contributed by atoms with Crippen molar-refractivity contribution < 1.29 is 4.42 Å². The molecule has 0 fully saturated rings. The zero-order valence-electron chi connectivity index (χ0n) is 16.2. The maximum Gasteiger partial charge on any atom is 0.251 e. The second kappa shape index (κ2) is 8.67. The zero-order valence-corrected chi connectivity index (χ0v) is 16.2. The van der Waals surface area contributed by atoms with E-state index >= 15 is 0 Å². The molecular weight excluding hydrogens is 364 g/mol. The Morgan fingerprint density at radius 2 is 1.83 bits per heavy atom. The maximum atomic E-state index is 11.7. The Hall–Kier alpha value is -3.51. The minimum atomic E-state index is -0.141. The normalized spacial score (nSPS) is 11.1. The molecule has 0 unspecified atom stereocenters. The van der Waals surface area contributed by atoms with Crippen molar-refractivity contribution in [2.75, 3.05) is 0 Å². The number of hydrogen-bond acceptors (Lipinski definition) is 5. The van der Waals surface area contributed by atoms with Crippen molar-refractivity contribution in [3.63, 3.8) is 0 Å². The first-order valence-corrected chi connectivity index (χ1v) is 9.46. The second-order valence-electron chi connectivity index (χ2n) is 7.02. The van der Waals surface area contributed by atoms with Gasteiger partial charge in [0, 0.05) is 42.8 Å².